The molecule has 3 nitrogen and oxygen atoms in total. The van der Waals surface area contributed by atoms with Crippen molar-refractivity contribution >= 4 is 5.91 Å². The van der Waals surface area contributed by atoms with Crippen LogP contribution in [0.2, 0.25) is 0 Å². The van der Waals surface area contributed by atoms with Crippen LogP contribution in [0.4, 0.5) is 0 Å². The van der Waals surface area contributed by atoms with Crippen LogP contribution >= 0.6 is 0 Å². The minimum Gasteiger partial charge on any atom is -0.352 e. The van der Waals surface area contributed by atoms with Crippen molar-refractivity contribution in [2.24, 2.45) is 17.6 Å². The highest BCUT2D eigenvalue weighted by Crippen LogP contribution is 2.33. The molecule has 94 valence electrons. The van der Waals surface area contributed by atoms with Gasteiger partial charge in [0.2, 0.25) is 5.91 Å². The van der Waals surface area contributed by atoms with E-state index in [0.717, 1.165) is 25.2 Å². The first kappa shape index (κ1) is 13.5. The van der Waals surface area contributed by atoms with E-state index in [2.05, 4.69) is 26.1 Å². The number of carbonyl (C=O) groups is 1. The van der Waals surface area contributed by atoms with Gasteiger partial charge < -0.3 is 11.1 Å². The van der Waals surface area contributed by atoms with Crippen LogP contribution in [-0.4, -0.2) is 18.0 Å². The van der Waals surface area contributed by atoms with Crippen LogP contribution in [0.1, 0.15) is 52.9 Å². The predicted octanol–water partition coefficient (Wildman–Crippen LogP) is 2.05. The van der Waals surface area contributed by atoms with E-state index >= 15 is 0 Å². The Labute approximate surface area is 99.2 Å². The lowest BCUT2D eigenvalue weighted by atomic mass is 9.93. The lowest BCUT2D eigenvalue weighted by Crippen LogP contribution is -2.46. The summed E-state index contributed by atoms with van der Waals surface area (Å²) in [5, 5.41) is 3.11. The maximum absolute atomic E-state index is 11.8. The van der Waals surface area contributed by atoms with E-state index in [0.29, 0.717) is 12.0 Å². The quantitative estimate of drug-likeness (QED) is 0.754. The first-order valence-electron chi connectivity index (χ1n) is 6.66. The van der Waals surface area contributed by atoms with Gasteiger partial charge in [0.15, 0.2) is 0 Å². The highest BCUT2D eigenvalue weighted by Gasteiger charge is 2.32. The molecular weight excluding hydrogens is 200 g/mol. The molecule has 0 aromatic carbocycles. The number of nitrogens with one attached hydrogen (secondary N) is 1. The molecule has 16 heavy (non-hydrogen) atoms. The van der Waals surface area contributed by atoms with Gasteiger partial charge >= 0.3 is 0 Å². The zero-order valence-electron chi connectivity index (χ0n) is 10.8. The van der Waals surface area contributed by atoms with E-state index in [-0.39, 0.29) is 11.9 Å². The molecule has 0 radical (unpaired) electrons. The largest absolute Gasteiger partial charge is 0.352 e. The summed E-state index contributed by atoms with van der Waals surface area (Å²) in [4.78, 5) is 11.8. The van der Waals surface area contributed by atoms with Gasteiger partial charge in [0.1, 0.15) is 0 Å². The van der Waals surface area contributed by atoms with E-state index in [1.165, 1.54) is 12.8 Å². The zero-order chi connectivity index (χ0) is 12.1. The molecule has 0 aromatic heterocycles. The average molecular weight is 226 g/mol. The third-order valence-corrected chi connectivity index (χ3v) is 4.02. The smallest absolute Gasteiger partial charge is 0.237 e. The molecule has 0 heterocycles. The number of hydrogen-bond acceptors (Lipinski definition) is 2. The van der Waals surface area contributed by atoms with Crippen molar-refractivity contribution < 1.29 is 4.79 Å². The lowest BCUT2D eigenvalue weighted by Gasteiger charge is -2.22. The van der Waals surface area contributed by atoms with Crippen molar-refractivity contribution in [3.05, 3.63) is 0 Å². The second-order valence-corrected chi connectivity index (χ2v) is 5.12. The molecule has 3 unspecified atom stereocenters. The third kappa shape index (κ3) is 3.21. The summed E-state index contributed by atoms with van der Waals surface area (Å²) in [6, 6.07) is 0.0261. The fourth-order valence-corrected chi connectivity index (χ4v) is 2.76. The van der Waals surface area contributed by atoms with Crippen molar-refractivity contribution in [1.82, 2.24) is 5.32 Å². The second-order valence-electron chi connectivity index (χ2n) is 5.12. The number of carbonyl (C=O) groups excluding carboxylic acids is 1. The first-order valence-corrected chi connectivity index (χ1v) is 6.66. The van der Waals surface area contributed by atoms with Crippen LogP contribution in [0.25, 0.3) is 0 Å². The van der Waals surface area contributed by atoms with E-state index in [1.54, 1.807) is 0 Å². The summed E-state index contributed by atoms with van der Waals surface area (Å²) in [5.74, 6) is 1.41. The van der Waals surface area contributed by atoms with Crippen molar-refractivity contribution in [2.45, 2.75) is 65.0 Å². The van der Waals surface area contributed by atoms with E-state index in [9.17, 15) is 4.79 Å². The molecule has 0 aliphatic heterocycles. The molecule has 1 saturated carbocycles. The van der Waals surface area contributed by atoms with Gasteiger partial charge in [-0.2, -0.15) is 0 Å². The lowest BCUT2D eigenvalue weighted by molar-refractivity contribution is -0.123. The summed E-state index contributed by atoms with van der Waals surface area (Å²) < 4.78 is 0. The van der Waals surface area contributed by atoms with E-state index in [4.69, 9.17) is 5.73 Å². The number of amides is 1. The van der Waals surface area contributed by atoms with E-state index in [1.807, 2.05) is 0 Å². The van der Waals surface area contributed by atoms with Gasteiger partial charge in [0, 0.05) is 6.04 Å². The maximum atomic E-state index is 11.8. The predicted molar refractivity (Wildman–Crippen MR) is 67.0 cm³/mol. The maximum Gasteiger partial charge on any atom is 0.237 e. The van der Waals surface area contributed by atoms with Crippen LogP contribution in [-0.2, 0) is 4.79 Å². The van der Waals surface area contributed by atoms with Crippen molar-refractivity contribution in [2.75, 3.05) is 0 Å². The summed E-state index contributed by atoms with van der Waals surface area (Å²) in [6.45, 7) is 6.53. The van der Waals surface area contributed by atoms with Crippen LogP contribution in [0, 0.1) is 11.8 Å². The number of rotatable bonds is 5. The van der Waals surface area contributed by atoms with Crippen LogP contribution < -0.4 is 11.1 Å². The van der Waals surface area contributed by atoms with Gasteiger partial charge in [-0.15, -0.1) is 0 Å². The molecular formula is C13H26N2O. The van der Waals surface area contributed by atoms with Crippen molar-refractivity contribution in [3.63, 3.8) is 0 Å². The van der Waals surface area contributed by atoms with Gasteiger partial charge in [-0.1, -0.05) is 33.6 Å². The van der Waals surface area contributed by atoms with E-state index < -0.39 is 0 Å². The summed E-state index contributed by atoms with van der Waals surface area (Å²) in [6.07, 6.45) is 5.32. The summed E-state index contributed by atoms with van der Waals surface area (Å²) in [7, 11) is 0. The van der Waals surface area contributed by atoms with Gasteiger partial charge in [-0.25, -0.2) is 0 Å². The van der Waals surface area contributed by atoms with Crippen LogP contribution in [0.3, 0.4) is 0 Å². The standard InChI is InChI=1S/C13H26N2O/c1-4-6-11(14)13(16)15-12-8-7-10(5-2)9(12)3/h9-12H,4-8,14H2,1-3H3,(H,15,16)/t9?,10?,11-,12?/m0/s1. The zero-order valence-corrected chi connectivity index (χ0v) is 10.8. The molecule has 0 spiro atoms. The third-order valence-electron chi connectivity index (χ3n) is 4.02. The minimum absolute atomic E-state index is 0.0375. The van der Waals surface area contributed by atoms with Gasteiger partial charge in [0.05, 0.1) is 6.04 Å². The molecule has 0 saturated heterocycles. The van der Waals surface area contributed by atoms with Crippen molar-refractivity contribution in [1.29, 1.82) is 0 Å². The molecule has 1 fully saturated rings. The molecule has 1 amide bonds. The molecule has 0 bridgehead atoms. The second kappa shape index (κ2) is 6.24. The molecule has 1 aliphatic carbocycles. The Balaban J connectivity index is 2.40. The van der Waals surface area contributed by atoms with Crippen molar-refractivity contribution in [3.8, 4) is 0 Å². The minimum atomic E-state index is -0.321. The molecule has 3 heteroatoms. The topological polar surface area (TPSA) is 55.1 Å². The normalized spacial score (nSPS) is 31.4. The SMILES string of the molecule is CCC[C@H](N)C(=O)NC1CCC(CC)C1C. The Morgan fingerprint density at radius 3 is 2.62 bits per heavy atom. The Morgan fingerprint density at radius 2 is 2.12 bits per heavy atom. The molecule has 3 N–H and O–H groups in total. The molecule has 1 aliphatic rings. The van der Waals surface area contributed by atoms with Gasteiger partial charge in [-0.05, 0) is 31.1 Å². The fourth-order valence-electron chi connectivity index (χ4n) is 2.76. The van der Waals surface area contributed by atoms with Crippen LogP contribution in [0.5, 0.6) is 0 Å². The Morgan fingerprint density at radius 1 is 1.44 bits per heavy atom. The Kier molecular flexibility index (Phi) is 5.26. The molecule has 0 aromatic rings. The highest BCUT2D eigenvalue weighted by atomic mass is 16.2. The monoisotopic (exact) mass is 226 g/mol. The Bertz CT molecular complexity index is 230. The highest BCUT2D eigenvalue weighted by molar-refractivity contribution is 5.81. The van der Waals surface area contributed by atoms with Gasteiger partial charge in [-0.3, -0.25) is 4.79 Å². The molecule has 1 rings (SSSR count). The first-order chi connectivity index (χ1) is 7.60. The number of nitrogens with two attached hydrogens (primary N) is 1. The molecule has 4 atom stereocenters. The van der Waals surface area contributed by atoms with Gasteiger partial charge in [0.25, 0.3) is 0 Å². The summed E-state index contributed by atoms with van der Waals surface area (Å²) in [5.41, 5.74) is 5.81. The number of hydrogen-bond donors (Lipinski definition) is 2. The fraction of sp³-hybridized carbons (Fsp3) is 0.923. The average Bonchev–Trinajstić information content (AvgIpc) is 2.60. The Hall–Kier alpha value is -0.570. The van der Waals surface area contributed by atoms with Crippen LogP contribution in [0.15, 0.2) is 0 Å². The summed E-state index contributed by atoms with van der Waals surface area (Å²) >= 11 is 0.